The predicted octanol–water partition coefficient (Wildman–Crippen LogP) is 1.20. The summed E-state index contributed by atoms with van der Waals surface area (Å²) in [5.41, 5.74) is 0.889. The average Bonchev–Trinajstić information content (AvgIpc) is 2.75. The van der Waals surface area contributed by atoms with Crippen molar-refractivity contribution in [3.63, 3.8) is 0 Å². The number of sulfone groups is 1. The Hall–Kier alpha value is -1.40. The molecule has 2 aliphatic rings. The largest absolute Gasteiger partial charge is 0.317 e. The Kier molecular flexibility index (Phi) is 3.53. The van der Waals surface area contributed by atoms with Crippen LogP contribution in [0.25, 0.3) is 0 Å². The molecule has 0 bridgehead atoms. The Balaban J connectivity index is 1.82. The molecule has 0 aliphatic carbocycles. The molecule has 1 amide bonds. The molecule has 5 nitrogen and oxygen atoms in total. The summed E-state index contributed by atoms with van der Waals surface area (Å²) in [5, 5.41) is 3.33. The first-order valence-corrected chi connectivity index (χ1v) is 9.10. The van der Waals surface area contributed by atoms with Gasteiger partial charge in [0.1, 0.15) is 0 Å². The predicted molar refractivity (Wildman–Crippen MR) is 81.1 cm³/mol. The van der Waals surface area contributed by atoms with Crippen molar-refractivity contribution in [1.29, 1.82) is 0 Å². The van der Waals surface area contributed by atoms with Gasteiger partial charge in [0.2, 0.25) is 5.91 Å². The number of nitrogens with zero attached hydrogens (tertiary/aromatic N) is 1. The molecule has 21 heavy (non-hydrogen) atoms. The summed E-state index contributed by atoms with van der Waals surface area (Å²) in [6.45, 7) is 2.67. The van der Waals surface area contributed by atoms with Crippen LogP contribution in [0.3, 0.4) is 0 Å². The van der Waals surface area contributed by atoms with Crippen molar-refractivity contribution < 1.29 is 13.2 Å². The molecule has 1 aromatic carbocycles. The zero-order valence-corrected chi connectivity index (χ0v) is 12.9. The van der Waals surface area contributed by atoms with Crippen molar-refractivity contribution >= 4 is 21.4 Å². The maximum absolute atomic E-state index is 12.3. The summed E-state index contributed by atoms with van der Waals surface area (Å²) in [7, 11) is -3.20. The van der Waals surface area contributed by atoms with Crippen molar-refractivity contribution in [2.45, 2.75) is 24.2 Å². The molecule has 2 fully saturated rings. The Morgan fingerprint density at radius 2 is 1.76 bits per heavy atom. The average molecular weight is 308 g/mol. The molecule has 6 heteroatoms. The van der Waals surface area contributed by atoms with Gasteiger partial charge in [0.05, 0.1) is 4.90 Å². The fourth-order valence-electron chi connectivity index (χ4n) is 3.30. The zero-order valence-electron chi connectivity index (χ0n) is 12.1. The number of anilines is 1. The van der Waals surface area contributed by atoms with Gasteiger partial charge in [0.15, 0.2) is 9.84 Å². The molecule has 2 aliphatic heterocycles. The summed E-state index contributed by atoms with van der Waals surface area (Å²) in [4.78, 5) is 14.4. The van der Waals surface area contributed by atoms with E-state index in [9.17, 15) is 13.2 Å². The Bertz CT molecular complexity index is 646. The van der Waals surface area contributed by atoms with E-state index in [1.807, 2.05) is 0 Å². The van der Waals surface area contributed by atoms with Crippen LogP contribution in [0.5, 0.6) is 0 Å². The number of carbonyl (C=O) groups is 1. The van der Waals surface area contributed by atoms with Crippen LogP contribution in [0.4, 0.5) is 5.69 Å². The van der Waals surface area contributed by atoms with Crippen LogP contribution in [0.1, 0.15) is 19.3 Å². The van der Waals surface area contributed by atoms with Crippen LogP contribution >= 0.6 is 0 Å². The maximum atomic E-state index is 12.3. The Labute approximate surface area is 125 Å². The zero-order chi connectivity index (χ0) is 15.1. The van der Waals surface area contributed by atoms with Gasteiger partial charge in [-0.25, -0.2) is 8.42 Å². The van der Waals surface area contributed by atoms with Crippen LogP contribution < -0.4 is 10.2 Å². The molecule has 2 saturated heterocycles. The van der Waals surface area contributed by atoms with Crippen molar-refractivity contribution in [3.05, 3.63) is 24.3 Å². The fraction of sp³-hybridized carbons (Fsp3) is 0.533. The number of piperidine rings is 1. The van der Waals surface area contributed by atoms with E-state index in [1.54, 1.807) is 29.2 Å². The minimum absolute atomic E-state index is 0.0951. The van der Waals surface area contributed by atoms with Crippen LogP contribution in [0, 0.1) is 5.41 Å². The number of hydrogen-bond donors (Lipinski definition) is 1. The van der Waals surface area contributed by atoms with Gasteiger partial charge < -0.3 is 10.2 Å². The summed E-state index contributed by atoms with van der Waals surface area (Å²) < 4.78 is 23.0. The highest BCUT2D eigenvalue weighted by Gasteiger charge is 2.43. The highest BCUT2D eigenvalue weighted by molar-refractivity contribution is 7.90. The van der Waals surface area contributed by atoms with Gasteiger partial charge in [0, 0.05) is 24.9 Å². The third-order valence-corrected chi connectivity index (χ3v) is 5.69. The maximum Gasteiger partial charge on any atom is 0.227 e. The quantitative estimate of drug-likeness (QED) is 0.891. The third-order valence-electron chi connectivity index (χ3n) is 4.56. The third kappa shape index (κ3) is 2.82. The van der Waals surface area contributed by atoms with E-state index in [1.165, 1.54) is 6.26 Å². The molecular formula is C15H20N2O3S. The molecule has 1 N–H and O–H groups in total. The topological polar surface area (TPSA) is 66.5 Å². The van der Waals surface area contributed by atoms with Gasteiger partial charge in [0.25, 0.3) is 0 Å². The molecular weight excluding hydrogens is 288 g/mol. The lowest BCUT2D eigenvalue weighted by molar-refractivity contribution is -0.117. The lowest BCUT2D eigenvalue weighted by Gasteiger charge is -2.33. The van der Waals surface area contributed by atoms with E-state index < -0.39 is 9.84 Å². The van der Waals surface area contributed by atoms with E-state index in [0.29, 0.717) is 6.42 Å². The summed E-state index contributed by atoms with van der Waals surface area (Å²) in [5.74, 6) is 0.143. The number of rotatable bonds is 2. The van der Waals surface area contributed by atoms with E-state index in [4.69, 9.17) is 0 Å². The lowest BCUT2D eigenvalue weighted by Crippen LogP contribution is -2.38. The minimum Gasteiger partial charge on any atom is -0.317 e. The molecule has 2 heterocycles. The highest BCUT2D eigenvalue weighted by atomic mass is 32.2. The van der Waals surface area contributed by atoms with Gasteiger partial charge >= 0.3 is 0 Å². The van der Waals surface area contributed by atoms with Crippen molar-refractivity contribution in [3.8, 4) is 0 Å². The Morgan fingerprint density at radius 1 is 1.14 bits per heavy atom. The molecule has 0 saturated carbocycles. The van der Waals surface area contributed by atoms with Gasteiger partial charge in [-0.15, -0.1) is 0 Å². The van der Waals surface area contributed by atoms with Crippen LogP contribution in [-0.2, 0) is 14.6 Å². The number of benzene rings is 1. The lowest BCUT2D eigenvalue weighted by atomic mass is 9.78. The fourth-order valence-corrected chi connectivity index (χ4v) is 3.93. The molecule has 0 unspecified atom stereocenters. The molecule has 0 atom stereocenters. The van der Waals surface area contributed by atoms with Crippen molar-refractivity contribution in [2.24, 2.45) is 5.41 Å². The van der Waals surface area contributed by atoms with Crippen molar-refractivity contribution in [1.82, 2.24) is 5.32 Å². The van der Waals surface area contributed by atoms with Crippen LogP contribution in [0.2, 0.25) is 0 Å². The van der Waals surface area contributed by atoms with Crippen LogP contribution in [-0.4, -0.2) is 40.2 Å². The summed E-state index contributed by atoms with van der Waals surface area (Å²) >= 11 is 0. The molecule has 0 radical (unpaired) electrons. The van der Waals surface area contributed by atoms with Gasteiger partial charge in [-0.2, -0.15) is 0 Å². The molecule has 3 rings (SSSR count). The van der Waals surface area contributed by atoms with Gasteiger partial charge in [-0.3, -0.25) is 4.79 Å². The summed E-state index contributed by atoms with van der Waals surface area (Å²) in [6.07, 6.45) is 3.84. The second kappa shape index (κ2) is 5.10. The molecule has 1 aromatic rings. The van der Waals surface area contributed by atoms with E-state index >= 15 is 0 Å². The summed E-state index contributed by atoms with van der Waals surface area (Å²) in [6, 6.07) is 6.61. The van der Waals surface area contributed by atoms with E-state index in [0.717, 1.165) is 38.2 Å². The van der Waals surface area contributed by atoms with Crippen molar-refractivity contribution in [2.75, 3.05) is 30.8 Å². The number of carbonyl (C=O) groups excluding carboxylic acids is 1. The molecule has 0 aromatic heterocycles. The van der Waals surface area contributed by atoms with Gasteiger partial charge in [-0.05, 0) is 55.6 Å². The number of hydrogen-bond acceptors (Lipinski definition) is 4. The van der Waals surface area contributed by atoms with E-state index in [2.05, 4.69) is 5.32 Å². The number of amides is 1. The monoisotopic (exact) mass is 308 g/mol. The highest BCUT2D eigenvalue weighted by Crippen LogP contribution is 2.41. The SMILES string of the molecule is CS(=O)(=O)c1ccc(N2CC3(CCNCC3)CC2=O)cc1. The first kappa shape index (κ1) is 14.5. The Morgan fingerprint density at radius 3 is 2.33 bits per heavy atom. The second-order valence-corrected chi connectivity index (χ2v) is 8.19. The minimum atomic E-state index is -3.20. The van der Waals surface area contributed by atoms with Crippen LogP contribution in [0.15, 0.2) is 29.2 Å². The first-order valence-electron chi connectivity index (χ1n) is 7.21. The smallest absolute Gasteiger partial charge is 0.227 e. The standard InChI is InChI=1S/C15H20N2O3S/c1-21(19,20)13-4-2-12(3-5-13)17-11-15(10-14(17)18)6-8-16-9-7-15/h2-5,16H,6-11H2,1H3. The molecule has 1 spiro atoms. The number of nitrogens with one attached hydrogen (secondary N) is 1. The molecule has 114 valence electrons. The normalized spacial score (nSPS) is 22.0. The van der Waals surface area contributed by atoms with E-state index in [-0.39, 0.29) is 16.2 Å². The second-order valence-electron chi connectivity index (χ2n) is 6.17. The van der Waals surface area contributed by atoms with Gasteiger partial charge in [-0.1, -0.05) is 0 Å². The first-order chi connectivity index (χ1) is 9.90.